The van der Waals surface area contributed by atoms with Crippen molar-refractivity contribution in [1.82, 2.24) is 0 Å². The molecule has 0 fully saturated rings. The molecule has 0 N–H and O–H groups in total. The third kappa shape index (κ3) is 24.8. The van der Waals surface area contributed by atoms with Crippen molar-refractivity contribution >= 4 is 11.9 Å². The van der Waals surface area contributed by atoms with Gasteiger partial charge >= 0.3 is 11.9 Å². The molecule has 0 bridgehead atoms. The number of carbonyl (C=O) groups is 2. The number of hydrogen-bond acceptors (Lipinski definition) is 9. The number of allylic oxidation sites excluding steroid dienone is 3. The Balaban J connectivity index is 2.57. The SMILES string of the molecule is CC/C=C/OCC(CO/C=C/CCCC(=O)OCC)(CO/C=C/CCCC(=O)OCC)COCCCCCCCOCc1ccccc1. The van der Waals surface area contributed by atoms with Gasteiger partial charge < -0.3 is 33.2 Å². The fraction of sp³-hybridized carbons (Fsp3) is 0.641. The van der Waals surface area contributed by atoms with E-state index in [9.17, 15) is 9.59 Å². The molecule has 0 atom stereocenters. The van der Waals surface area contributed by atoms with Crippen LogP contribution in [0.4, 0.5) is 0 Å². The highest BCUT2D eigenvalue weighted by Crippen LogP contribution is 2.22. The molecule has 0 amide bonds. The lowest BCUT2D eigenvalue weighted by Gasteiger charge is -2.31. The van der Waals surface area contributed by atoms with Crippen LogP contribution in [0.25, 0.3) is 0 Å². The Morgan fingerprint density at radius 1 is 0.604 bits per heavy atom. The molecule has 0 aromatic heterocycles. The number of hydrogen-bond donors (Lipinski definition) is 0. The highest BCUT2D eigenvalue weighted by Gasteiger charge is 2.33. The molecule has 0 heterocycles. The Kier molecular flexibility index (Phi) is 27.6. The second-order valence-electron chi connectivity index (χ2n) is 11.7. The maximum Gasteiger partial charge on any atom is 0.305 e. The molecule has 48 heavy (non-hydrogen) atoms. The summed E-state index contributed by atoms with van der Waals surface area (Å²) in [7, 11) is 0. The summed E-state index contributed by atoms with van der Waals surface area (Å²) < 4.78 is 39.8. The van der Waals surface area contributed by atoms with E-state index in [1.54, 1.807) is 32.6 Å². The number of esters is 2. The minimum atomic E-state index is -0.557. The maximum absolute atomic E-state index is 11.6. The molecule has 0 saturated carbocycles. The fourth-order valence-electron chi connectivity index (χ4n) is 4.55. The van der Waals surface area contributed by atoms with Crippen LogP contribution in [0, 0.1) is 5.41 Å². The number of carbonyl (C=O) groups excluding carboxylic acids is 2. The molecule has 0 aliphatic heterocycles. The lowest BCUT2D eigenvalue weighted by molar-refractivity contribution is -0.144. The fourth-order valence-corrected chi connectivity index (χ4v) is 4.55. The maximum atomic E-state index is 11.6. The van der Waals surface area contributed by atoms with Gasteiger partial charge in [0.1, 0.15) is 19.8 Å². The first-order valence-electron chi connectivity index (χ1n) is 17.9. The highest BCUT2D eigenvalue weighted by atomic mass is 16.5. The molecule has 1 aromatic carbocycles. The van der Waals surface area contributed by atoms with Crippen molar-refractivity contribution in [3.63, 3.8) is 0 Å². The molecule has 9 nitrogen and oxygen atoms in total. The Morgan fingerprint density at radius 2 is 1.10 bits per heavy atom. The minimum absolute atomic E-state index is 0.181. The molecule has 0 aliphatic rings. The van der Waals surface area contributed by atoms with Crippen molar-refractivity contribution in [3.05, 3.63) is 72.9 Å². The van der Waals surface area contributed by atoms with Gasteiger partial charge in [-0.1, -0.05) is 62.6 Å². The van der Waals surface area contributed by atoms with Gasteiger partial charge in [0.2, 0.25) is 0 Å². The second-order valence-corrected chi connectivity index (χ2v) is 11.7. The topological polar surface area (TPSA) is 98.8 Å². The van der Waals surface area contributed by atoms with Crippen molar-refractivity contribution in [2.24, 2.45) is 5.41 Å². The van der Waals surface area contributed by atoms with Crippen LogP contribution in [-0.4, -0.2) is 64.8 Å². The highest BCUT2D eigenvalue weighted by molar-refractivity contribution is 5.69. The van der Waals surface area contributed by atoms with Crippen LogP contribution in [0.15, 0.2) is 67.3 Å². The standard InChI is InChI=1S/C39H62O9/c1-4-7-26-43-32-39(34-45-29-20-12-16-24-37(40)47-5-2,35-46-30-21-13-17-25-38(41)48-6-3)33-44-28-19-10-8-9-18-27-42-31-36-22-14-11-15-23-36/h7,11,14-15,20-23,26,29-30H,4-6,8-10,12-13,16-19,24-25,27-28,31-35H2,1-3H3/b26-7+,29-20+,30-21+. The van der Waals surface area contributed by atoms with E-state index in [4.69, 9.17) is 33.2 Å². The molecule has 272 valence electrons. The van der Waals surface area contributed by atoms with Gasteiger partial charge in [0.25, 0.3) is 0 Å². The van der Waals surface area contributed by atoms with E-state index >= 15 is 0 Å². The monoisotopic (exact) mass is 674 g/mol. The van der Waals surface area contributed by atoms with Gasteiger partial charge in [0.15, 0.2) is 0 Å². The molecule has 0 spiro atoms. The summed E-state index contributed by atoms with van der Waals surface area (Å²) in [6.45, 7) is 9.99. The van der Waals surface area contributed by atoms with Crippen LogP contribution in [0.2, 0.25) is 0 Å². The van der Waals surface area contributed by atoms with Crippen LogP contribution < -0.4 is 0 Å². The van der Waals surface area contributed by atoms with Crippen LogP contribution in [0.1, 0.15) is 103 Å². The van der Waals surface area contributed by atoms with Gasteiger partial charge in [-0.2, -0.15) is 0 Å². The summed E-state index contributed by atoms with van der Waals surface area (Å²) in [6, 6.07) is 10.3. The molecule has 9 heteroatoms. The Bertz CT molecular complexity index is 952. The van der Waals surface area contributed by atoms with Crippen LogP contribution >= 0.6 is 0 Å². The van der Waals surface area contributed by atoms with Gasteiger partial charge in [-0.3, -0.25) is 9.59 Å². The molecular formula is C39H62O9. The predicted molar refractivity (Wildman–Crippen MR) is 189 cm³/mol. The normalized spacial score (nSPS) is 11.8. The number of unbranched alkanes of at least 4 members (excludes halogenated alkanes) is 6. The molecule has 1 rings (SSSR count). The molecule has 0 aliphatic carbocycles. The zero-order valence-corrected chi connectivity index (χ0v) is 29.9. The van der Waals surface area contributed by atoms with Gasteiger partial charge in [-0.25, -0.2) is 0 Å². The summed E-state index contributed by atoms with van der Waals surface area (Å²) in [5.74, 6) is -0.363. The van der Waals surface area contributed by atoms with Crippen LogP contribution in [-0.2, 0) is 49.4 Å². The lowest BCUT2D eigenvalue weighted by Crippen LogP contribution is -2.40. The predicted octanol–water partition coefficient (Wildman–Crippen LogP) is 8.62. The van der Waals surface area contributed by atoms with E-state index in [0.717, 1.165) is 45.1 Å². The molecule has 0 radical (unpaired) electrons. The molecule has 1 aromatic rings. The summed E-state index contributed by atoms with van der Waals surface area (Å²) in [6.07, 6.45) is 20.7. The first kappa shape index (κ1) is 42.7. The average molecular weight is 675 g/mol. The summed E-state index contributed by atoms with van der Waals surface area (Å²) in [4.78, 5) is 23.2. The zero-order chi connectivity index (χ0) is 34.8. The van der Waals surface area contributed by atoms with Gasteiger partial charge in [0.05, 0.1) is 50.6 Å². The lowest BCUT2D eigenvalue weighted by atomic mass is 9.92. The first-order valence-corrected chi connectivity index (χ1v) is 17.9. The minimum Gasteiger partial charge on any atom is -0.501 e. The molecule has 0 saturated heterocycles. The van der Waals surface area contributed by atoms with Gasteiger partial charge in [-0.15, -0.1) is 0 Å². The van der Waals surface area contributed by atoms with E-state index in [-0.39, 0.29) is 11.9 Å². The third-order valence-corrected chi connectivity index (χ3v) is 7.19. The summed E-state index contributed by atoms with van der Waals surface area (Å²) in [5, 5.41) is 0. The number of rotatable bonds is 32. The van der Waals surface area contributed by atoms with Crippen molar-refractivity contribution in [3.8, 4) is 0 Å². The smallest absolute Gasteiger partial charge is 0.305 e. The van der Waals surface area contributed by atoms with Crippen molar-refractivity contribution in [2.45, 2.75) is 104 Å². The van der Waals surface area contributed by atoms with E-state index in [0.29, 0.717) is 91.4 Å². The van der Waals surface area contributed by atoms with Gasteiger partial charge in [0, 0.05) is 26.1 Å². The number of ether oxygens (including phenoxy) is 7. The summed E-state index contributed by atoms with van der Waals surface area (Å²) >= 11 is 0. The summed E-state index contributed by atoms with van der Waals surface area (Å²) in [5.41, 5.74) is 0.649. The van der Waals surface area contributed by atoms with Crippen molar-refractivity contribution < 1.29 is 42.7 Å². The van der Waals surface area contributed by atoms with Crippen LogP contribution in [0.3, 0.4) is 0 Å². The Hall–Kier alpha value is -3.30. The van der Waals surface area contributed by atoms with Crippen molar-refractivity contribution in [1.29, 1.82) is 0 Å². The molecule has 0 unspecified atom stereocenters. The first-order chi connectivity index (χ1) is 23.5. The Morgan fingerprint density at radius 3 is 1.62 bits per heavy atom. The largest absolute Gasteiger partial charge is 0.501 e. The third-order valence-electron chi connectivity index (χ3n) is 7.19. The quantitative estimate of drug-likeness (QED) is 0.0423. The number of benzene rings is 1. The molecular weight excluding hydrogens is 612 g/mol. The zero-order valence-electron chi connectivity index (χ0n) is 29.9. The van der Waals surface area contributed by atoms with E-state index in [2.05, 4.69) is 19.1 Å². The van der Waals surface area contributed by atoms with Crippen LogP contribution in [0.5, 0.6) is 0 Å². The van der Waals surface area contributed by atoms with E-state index < -0.39 is 5.41 Å². The van der Waals surface area contributed by atoms with Crippen molar-refractivity contribution in [2.75, 3.05) is 52.9 Å². The second kappa shape index (κ2) is 31.0. The van der Waals surface area contributed by atoms with Gasteiger partial charge in [-0.05, 0) is 76.5 Å². The van der Waals surface area contributed by atoms with E-state index in [1.807, 2.05) is 36.4 Å². The van der Waals surface area contributed by atoms with E-state index in [1.165, 1.54) is 5.56 Å². The Labute approximate surface area is 290 Å². The average Bonchev–Trinajstić information content (AvgIpc) is 3.09.